The van der Waals surface area contributed by atoms with E-state index in [2.05, 4.69) is 17.1 Å². The van der Waals surface area contributed by atoms with Gasteiger partial charge in [-0.2, -0.15) is 0 Å². The van der Waals surface area contributed by atoms with Gasteiger partial charge in [0.15, 0.2) is 0 Å². The van der Waals surface area contributed by atoms with Crippen molar-refractivity contribution in [2.24, 2.45) is 0 Å². The Morgan fingerprint density at radius 3 is 2.79 bits per heavy atom. The van der Waals surface area contributed by atoms with Gasteiger partial charge in [-0.25, -0.2) is 4.98 Å². The maximum atomic E-state index is 13.3. The van der Waals surface area contributed by atoms with E-state index in [-0.39, 0.29) is 22.5 Å². The Bertz CT molecular complexity index is 1240. The number of hydrogen-bond donors (Lipinski definition) is 2. The Morgan fingerprint density at radius 1 is 1.18 bits per heavy atom. The number of fused-ring (bicyclic) bond motifs is 2. The van der Waals surface area contributed by atoms with Crippen LogP contribution in [-0.2, 0) is 11.3 Å². The van der Waals surface area contributed by atoms with Gasteiger partial charge < -0.3 is 14.6 Å². The number of rotatable bonds is 9. The fourth-order valence-corrected chi connectivity index (χ4v) is 4.19. The number of unbranched alkanes of at least 4 members (excludes halogenated alkanes) is 3. The quantitative estimate of drug-likeness (QED) is 0.380. The molecule has 0 aromatic carbocycles. The summed E-state index contributed by atoms with van der Waals surface area (Å²) < 4.78 is 8.60. The van der Waals surface area contributed by atoms with Crippen LogP contribution >= 0.6 is 0 Å². The molecule has 0 spiro atoms. The van der Waals surface area contributed by atoms with Gasteiger partial charge in [-0.3, -0.25) is 24.3 Å². The summed E-state index contributed by atoms with van der Waals surface area (Å²) in [4.78, 5) is 33.2. The van der Waals surface area contributed by atoms with Gasteiger partial charge in [0.2, 0.25) is 0 Å². The monoisotopic (exact) mass is 452 g/mol. The number of amides is 1. The Balaban J connectivity index is 1.72. The summed E-state index contributed by atoms with van der Waals surface area (Å²) in [5, 5.41) is 12.1. The van der Waals surface area contributed by atoms with Crippen LogP contribution in [0.15, 0.2) is 35.3 Å². The molecule has 0 bridgehead atoms. The van der Waals surface area contributed by atoms with Crippen molar-refractivity contribution in [2.45, 2.75) is 39.2 Å². The van der Waals surface area contributed by atoms with Crippen molar-refractivity contribution in [3.05, 3.63) is 51.9 Å². The van der Waals surface area contributed by atoms with Crippen molar-refractivity contribution >= 4 is 22.6 Å². The summed E-state index contributed by atoms with van der Waals surface area (Å²) in [6.07, 6.45) is 5.88. The zero-order valence-electron chi connectivity index (χ0n) is 19.2. The van der Waals surface area contributed by atoms with Crippen LogP contribution in [0, 0.1) is 5.41 Å². The van der Waals surface area contributed by atoms with Crippen LogP contribution in [0.1, 0.15) is 43.0 Å². The molecule has 1 saturated heterocycles. The Morgan fingerprint density at radius 2 is 2.00 bits per heavy atom. The minimum absolute atomic E-state index is 0.0778. The fraction of sp³-hybridized carbons (Fsp3) is 0.500. The first-order valence-corrected chi connectivity index (χ1v) is 11.8. The minimum Gasteiger partial charge on any atom is -0.379 e. The molecule has 33 heavy (non-hydrogen) atoms. The average molecular weight is 453 g/mol. The predicted molar refractivity (Wildman–Crippen MR) is 127 cm³/mol. The van der Waals surface area contributed by atoms with E-state index in [0.29, 0.717) is 49.5 Å². The van der Waals surface area contributed by atoms with Crippen LogP contribution < -0.4 is 16.4 Å². The molecular weight excluding hydrogens is 420 g/mol. The number of nitrogens with one attached hydrogen (secondary N) is 2. The van der Waals surface area contributed by atoms with Crippen molar-refractivity contribution in [1.82, 2.24) is 24.2 Å². The number of morpholine rings is 1. The van der Waals surface area contributed by atoms with E-state index in [1.165, 1.54) is 10.5 Å². The maximum Gasteiger partial charge on any atom is 0.267 e. The molecule has 0 atom stereocenters. The van der Waals surface area contributed by atoms with Crippen LogP contribution in [0.3, 0.4) is 0 Å². The SMILES string of the molecule is CCCCCCNC(=O)c1cc2c(=O)n3ccccc3nc2n(CCN2CCOCC2)c1=N. The number of nitrogens with zero attached hydrogens (tertiary/aromatic N) is 4. The Kier molecular flexibility index (Phi) is 7.51. The Labute approximate surface area is 192 Å². The summed E-state index contributed by atoms with van der Waals surface area (Å²) in [5.74, 6) is -0.323. The second-order valence-electron chi connectivity index (χ2n) is 8.41. The smallest absolute Gasteiger partial charge is 0.267 e. The zero-order valence-corrected chi connectivity index (χ0v) is 19.2. The second kappa shape index (κ2) is 10.7. The summed E-state index contributed by atoms with van der Waals surface area (Å²) in [6, 6.07) is 6.90. The van der Waals surface area contributed by atoms with Gasteiger partial charge >= 0.3 is 0 Å². The molecule has 0 radical (unpaired) electrons. The Hall–Kier alpha value is -3.04. The number of ether oxygens (including phenoxy) is 1. The summed E-state index contributed by atoms with van der Waals surface area (Å²) in [7, 11) is 0. The van der Waals surface area contributed by atoms with Crippen LogP contribution in [0.2, 0.25) is 0 Å². The first-order valence-electron chi connectivity index (χ1n) is 11.8. The largest absolute Gasteiger partial charge is 0.379 e. The van der Waals surface area contributed by atoms with Crippen molar-refractivity contribution in [3.63, 3.8) is 0 Å². The molecule has 176 valence electrons. The molecule has 0 aliphatic carbocycles. The van der Waals surface area contributed by atoms with Crippen LogP contribution in [0.25, 0.3) is 16.7 Å². The van der Waals surface area contributed by atoms with Gasteiger partial charge in [0.25, 0.3) is 11.5 Å². The van der Waals surface area contributed by atoms with Crippen molar-refractivity contribution in [3.8, 4) is 0 Å². The zero-order chi connectivity index (χ0) is 23.2. The molecule has 9 heteroatoms. The highest BCUT2D eigenvalue weighted by atomic mass is 16.5. The van der Waals surface area contributed by atoms with Crippen LogP contribution in [0.4, 0.5) is 0 Å². The summed E-state index contributed by atoms with van der Waals surface area (Å²) in [6.45, 7) is 6.86. The van der Waals surface area contributed by atoms with Gasteiger partial charge in [-0.15, -0.1) is 0 Å². The van der Waals surface area contributed by atoms with Gasteiger partial charge in [0.1, 0.15) is 16.8 Å². The lowest BCUT2D eigenvalue weighted by Gasteiger charge is -2.27. The highest BCUT2D eigenvalue weighted by Crippen LogP contribution is 2.11. The van der Waals surface area contributed by atoms with Crippen molar-refractivity contribution < 1.29 is 9.53 Å². The molecule has 0 saturated carbocycles. The number of aromatic nitrogens is 3. The number of pyridine rings is 2. The van der Waals surface area contributed by atoms with Crippen LogP contribution in [0.5, 0.6) is 0 Å². The molecule has 0 unspecified atom stereocenters. The standard InChI is InChI=1S/C24H32N6O3/c1-2-3-4-6-9-26-23(31)18-17-19-22(27-20-8-5-7-10-29(20)24(19)32)30(21(18)25)12-11-28-13-15-33-16-14-28/h5,7-8,10,17,25H,2-4,6,9,11-16H2,1H3,(H,26,31). The lowest BCUT2D eigenvalue weighted by Crippen LogP contribution is -2.41. The van der Waals surface area contributed by atoms with Crippen LogP contribution in [-0.4, -0.2) is 64.2 Å². The highest BCUT2D eigenvalue weighted by molar-refractivity contribution is 5.96. The highest BCUT2D eigenvalue weighted by Gasteiger charge is 2.18. The number of carbonyl (C=O) groups is 1. The minimum atomic E-state index is -0.323. The fourth-order valence-electron chi connectivity index (χ4n) is 4.19. The molecule has 1 amide bonds. The van der Waals surface area contributed by atoms with E-state index in [9.17, 15) is 9.59 Å². The molecule has 9 nitrogen and oxygen atoms in total. The van der Waals surface area contributed by atoms with E-state index in [4.69, 9.17) is 15.1 Å². The third-order valence-corrected chi connectivity index (χ3v) is 6.12. The first-order chi connectivity index (χ1) is 16.1. The molecule has 3 aromatic heterocycles. The van der Waals surface area contributed by atoms with Gasteiger partial charge in [-0.1, -0.05) is 32.3 Å². The van der Waals surface area contributed by atoms with E-state index < -0.39 is 0 Å². The first kappa shape index (κ1) is 23.1. The van der Waals surface area contributed by atoms with Crippen molar-refractivity contribution in [1.29, 1.82) is 5.41 Å². The van der Waals surface area contributed by atoms with Gasteiger partial charge in [0, 0.05) is 38.9 Å². The third-order valence-electron chi connectivity index (χ3n) is 6.12. The molecule has 1 aliphatic rings. The molecular formula is C24H32N6O3. The van der Waals surface area contributed by atoms with Crippen molar-refractivity contribution in [2.75, 3.05) is 39.4 Å². The second-order valence-corrected chi connectivity index (χ2v) is 8.41. The third kappa shape index (κ3) is 5.15. The topological polar surface area (TPSA) is 105 Å². The average Bonchev–Trinajstić information content (AvgIpc) is 2.84. The normalized spacial score (nSPS) is 14.7. The maximum absolute atomic E-state index is 13.3. The lowest BCUT2D eigenvalue weighted by atomic mass is 10.1. The molecule has 4 heterocycles. The molecule has 4 rings (SSSR count). The van der Waals surface area contributed by atoms with E-state index in [1.807, 2.05) is 6.07 Å². The van der Waals surface area contributed by atoms with E-state index >= 15 is 0 Å². The van der Waals surface area contributed by atoms with E-state index in [1.54, 1.807) is 22.9 Å². The molecule has 1 fully saturated rings. The lowest BCUT2D eigenvalue weighted by molar-refractivity contribution is 0.0363. The number of hydrogen-bond acceptors (Lipinski definition) is 6. The molecule has 2 N–H and O–H groups in total. The molecule has 3 aromatic rings. The summed E-state index contributed by atoms with van der Waals surface area (Å²) >= 11 is 0. The van der Waals surface area contributed by atoms with E-state index in [0.717, 1.165) is 38.8 Å². The van der Waals surface area contributed by atoms with Gasteiger partial charge in [-0.05, 0) is 24.6 Å². The molecule has 1 aliphatic heterocycles. The predicted octanol–water partition coefficient (Wildman–Crippen LogP) is 1.77. The van der Waals surface area contributed by atoms with Gasteiger partial charge in [0.05, 0.1) is 24.2 Å². The summed E-state index contributed by atoms with van der Waals surface area (Å²) in [5.41, 5.74) is 0.989. The number of carbonyl (C=O) groups excluding carboxylic acids is 1.